The molecule has 0 aromatic carbocycles. The van der Waals surface area contributed by atoms with Crippen molar-refractivity contribution in [3.63, 3.8) is 0 Å². The molecule has 0 saturated carbocycles. The van der Waals surface area contributed by atoms with Gasteiger partial charge in [-0.1, -0.05) is 0 Å². The van der Waals surface area contributed by atoms with E-state index in [1.807, 2.05) is 0 Å². The Morgan fingerprint density at radius 1 is 1.32 bits per heavy atom. The summed E-state index contributed by atoms with van der Waals surface area (Å²) in [5, 5.41) is 28.6. The van der Waals surface area contributed by atoms with Crippen LogP contribution < -0.4 is 0 Å². The van der Waals surface area contributed by atoms with Crippen molar-refractivity contribution in [3.05, 3.63) is 18.6 Å². The van der Waals surface area contributed by atoms with E-state index in [4.69, 9.17) is 9.84 Å². The smallest absolute Gasteiger partial charge is 0.310 e. The number of nitrogens with zero attached hydrogens (tertiary/aromatic N) is 4. The summed E-state index contributed by atoms with van der Waals surface area (Å²) in [7, 11) is 0. The summed E-state index contributed by atoms with van der Waals surface area (Å²) in [5.41, 5.74) is 0.474. The Bertz CT molecular complexity index is 606. The van der Waals surface area contributed by atoms with Crippen LogP contribution in [0.15, 0.2) is 12.5 Å². The Labute approximate surface area is 106 Å². The van der Waals surface area contributed by atoms with Gasteiger partial charge in [0.1, 0.15) is 23.8 Å². The summed E-state index contributed by atoms with van der Waals surface area (Å²) >= 11 is 0. The number of fused-ring (bicyclic) bond motifs is 1. The van der Waals surface area contributed by atoms with Crippen LogP contribution in [-0.2, 0) is 4.74 Å². The fourth-order valence-corrected chi connectivity index (χ4v) is 2.10. The summed E-state index contributed by atoms with van der Waals surface area (Å²) in [6.07, 6.45) is -2.84. The highest BCUT2D eigenvalue weighted by Gasteiger charge is 2.43. The van der Waals surface area contributed by atoms with Gasteiger partial charge in [0, 0.05) is 0 Å². The summed E-state index contributed by atoms with van der Waals surface area (Å²) < 4.78 is 19.7. The van der Waals surface area contributed by atoms with Crippen LogP contribution in [0.3, 0.4) is 0 Å². The molecule has 2 aromatic rings. The van der Waals surface area contributed by atoms with Gasteiger partial charge in [-0.25, -0.2) is 9.97 Å². The molecular weight excluding hydrogens is 259 g/mol. The van der Waals surface area contributed by atoms with Gasteiger partial charge >= 0.3 is 6.08 Å². The molecule has 102 valence electrons. The minimum Gasteiger partial charge on any atom is -0.394 e. The molecule has 1 aliphatic heterocycles. The number of ether oxygens (including phenoxy) is 1. The topological polar surface area (TPSA) is 114 Å². The van der Waals surface area contributed by atoms with Gasteiger partial charge in [0.25, 0.3) is 0 Å². The van der Waals surface area contributed by atoms with Crippen molar-refractivity contribution in [2.45, 2.75) is 24.5 Å². The molecule has 1 fully saturated rings. The molecule has 0 bridgehead atoms. The first kappa shape index (κ1) is 12.4. The van der Waals surface area contributed by atoms with Crippen molar-refractivity contribution >= 4 is 11.2 Å². The van der Waals surface area contributed by atoms with Crippen LogP contribution in [0.25, 0.3) is 11.2 Å². The highest BCUT2D eigenvalue weighted by Crippen LogP contribution is 2.30. The summed E-state index contributed by atoms with van der Waals surface area (Å²) in [4.78, 5) is 10.9. The monoisotopic (exact) mass is 270 g/mol. The molecule has 9 heteroatoms. The largest absolute Gasteiger partial charge is 0.394 e. The number of hydrogen-bond acceptors (Lipinski definition) is 7. The third-order valence-electron chi connectivity index (χ3n) is 3.08. The second-order valence-electron chi connectivity index (χ2n) is 4.23. The van der Waals surface area contributed by atoms with E-state index in [0.717, 1.165) is 0 Å². The van der Waals surface area contributed by atoms with Crippen LogP contribution in [0.5, 0.6) is 0 Å². The molecular formula is C10H11FN4O4. The van der Waals surface area contributed by atoms with Gasteiger partial charge in [-0.15, -0.1) is 0 Å². The van der Waals surface area contributed by atoms with Gasteiger partial charge in [-0.3, -0.25) is 4.57 Å². The highest BCUT2D eigenvalue weighted by molar-refractivity contribution is 5.69. The predicted molar refractivity (Wildman–Crippen MR) is 58.3 cm³/mol. The van der Waals surface area contributed by atoms with Gasteiger partial charge in [0.05, 0.1) is 19.1 Å². The lowest BCUT2D eigenvalue weighted by Crippen LogP contribution is -2.33. The van der Waals surface area contributed by atoms with Crippen molar-refractivity contribution in [1.29, 1.82) is 0 Å². The summed E-state index contributed by atoms with van der Waals surface area (Å²) in [6.45, 7) is -0.440. The van der Waals surface area contributed by atoms with Crippen LogP contribution in [0.1, 0.15) is 6.23 Å². The molecule has 1 unspecified atom stereocenters. The SMILES string of the molecule is OC[C@@H]1OC(n2cnc3cnc(F)nc32)[C@H](O)[C@H]1O. The Balaban J connectivity index is 2.03. The van der Waals surface area contributed by atoms with Crippen LogP contribution in [-0.4, -0.2) is 59.8 Å². The normalized spacial score (nSPS) is 31.2. The van der Waals surface area contributed by atoms with E-state index in [-0.39, 0.29) is 5.65 Å². The average molecular weight is 270 g/mol. The predicted octanol–water partition coefficient (Wildman–Crippen LogP) is -1.42. The molecule has 3 N–H and O–H groups in total. The van der Waals surface area contributed by atoms with Gasteiger partial charge in [0.2, 0.25) is 0 Å². The lowest BCUT2D eigenvalue weighted by atomic mass is 10.1. The third kappa shape index (κ3) is 1.87. The van der Waals surface area contributed by atoms with Crippen molar-refractivity contribution in [1.82, 2.24) is 19.5 Å². The Morgan fingerprint density at radius 2 is 2.11 bits per heavy atom. The molecule has 4 atom stereocenters. The lowest BCUT2D eigenvalue weighted by Gasteiger charge is -2.16. The third-order valence-corrected chi connectivity index (χ3v) is 3.08. The second-order valence-corrected chi connectivity index (χ2v) is 4.23. The van der Waals surface area contributed by atoms with Crippen molar-refractivity contribution in [3.8, 4) is 0 Å². The fourth-order valence-electron chi connectivity index (χ4n) is 2.10. The van der Waals surface area contributed by atoms with E-state index in [2.05, 4.69) is 15.0 Å². The Morgan fingerprint density at radius 3 is 2.79 bits per heavy atom. The molecule has 1 saturated heterocycles. The molecule has 0 spiro atoms. The number of imidazole rings is 1. The van der Waals surface area contributed by atoms with Crippen LogP contribution >= 0.6 is 0 Å². The molecule has 0 radical (unpaired) electrons. The molecule has 1 aliphatic rings. The van der Waals surface area contributed by atoms with Crippen LogP contribution in [0.4, 0.5) is 4.39 Å². The van der Waals surface area contributed by atoms with E-state index >= 15 is 0 Å². The van der Waals surface area contributed by atoms with E-state index < -0.39 is 37.2 Å². The summed E-state index contributed by atoms with van der Waals surface area (Å²) in [6, 6.07) is 0. The molecule has 3 heterocycles. The first-order chi connectivity index (χ1) is 9.11. The zero-order valence-electron chi connectivity index (χ0n) is 9.59. The number of aliphatic hydroxyl groups is 3. The second kappa shape index (κ2) is 4.46. The van der Waals surface area contributed by atoms with E-state index in [1.165, 1.54) is 17.1 Å². The minimum atomic E-state index is -1.27. The summed E-state index contributed by atoms with van der Waals surface area (Å²) in [5.74, 6) is 0. The lowest BCUT2D eigenvalue weighted by molar-refractivity contribution is -0.0511. The maximum atomic E-state index is 13.0. The van der Waals surface area contributed by atoms with Crippen LogP contribution in [0.2, 0.25) is 0 Å². The van der Waals surface area contributed by atoms with Crippen molar-refractivity contribution < 1.29 is 24.4 Å². The molecule has 8 nitrogen and oxygen atoms in total. The number of aliphatic hydroxyl groups excluding tert-OH is 3. The van der Waals surface area contributed by atoms with Gasteiger partial charge < -0.3 is 20.1 Å². The fraction of sp³-hybridized carbons (Fsp3) is 0.500. The first-order valence-corrected chi connectivity index (χ1v) is 5.59. The highest BCUT2D eigenvalue weighted by atomic mass is 19.1. The molecule has 2 aromatic heterocycles. The van der Waals surface area contributed by atoms with Crippen molar-refractivity contribution in [2.75, 3.05) is 6.61 Å². The number of hydrogen-bond donors (Lipinski definition) is 3. The molecule has 0 aliphatic carbocycles. The van der Waals surface area contributed by atoms with Crippen LogP contribution in [0, 0.1) is 6.08 Å². The number of aromatic nitrogens is 4. The van der Waals surface area contributed by atoms with Gasteiger partial charge in [-0.2, -0.15) is 9.37 Å². The van der Waals surface area contributed by atoms with E-state index in [1.54, 1.807) is 0 Å². The van der Waals surface area contributed by atoms with Gasteiger partial charge in [-0.05, 0) is 0 Å². The quantitative estimate of drug-likeness (QED) is 0.574. The molecule has 19 heavy (non-hydrogen) atoms. The molecule has 3 rings (SSSR count). The number of rotatable bonds is 2. The molecule has 0 amide bonds. The van der Waals surface area contributed by atoms with E-state index in [9.17, 15) is 14.6 Å². The Kier molecular flexibility index (Phi) is 2.90. The number of halogens is 1. The first-order valence-electron chi connectivity index (χ1n) is 5.59. The van der Waals surface area contributed by atoms with Crippen molar-refractivity contribution in [2.24, 2.45) is 0 Å². The minimum absolute atomic E-state index is 0.141. The Hall–Kier alpha value is -1.68. The maximum Gasteiger partial charge on any atom is 0.310 e. The zero-order chi connectivity index (χ0) is 13.6. The standard InChI is InChI=1S/C10H11FN4O4/c11-10-12-1-4-8(14-10)15(3-13-4)9-7(18)6(17)5(2-16)19-9/h1,3,5-7,9,16-18H,2H2/t5-,6-,7+,9?/m0/s1. The van der Waals surface area contributed by atoms with E-state index in [0.29, 0.717) is 5.52 Å². The maximum absolute atomic E-state index is 13.0. The zero-order valence-corrected chi connectivity index (χ0v) is 9.59. The average Bonchev–Trinajstić information content (AvgIpc) is 2.92. The van der Waals surface area contributed by atoms with Gasteiger partial charge in [0.15, 0.2) is 11.9 Å².